The highest BCUT2D eigenvalue weighted by Crippen LogP contribution is 2.20. The van der Waals surface area contributed by atoms with Crippen molar-refractivity contribution in [2.45, 2.75) is 31.4 Å². The summed E-state index contributed by atoms with van der Waals surface area (Å²) in [4.78, 5) is 12.3. The Kier molecular flexibility index (Phi) is 7.86. The fourth-order valence-electron chi connectivity index (χ4n) is 2.51. The lowest BCUT2D eigenvalue weighted by Crippen LogP contribution is -2.24. The molecule has 2 aromatic carbocycles. The number of alkyl halides is 2. The lowest BCUT2D eigenvalue weighted by molar-refractivity contribution is -0.117. The highest BCUT2D eigenvalue weighted by molar-refractivity contribution is 7.89. The molecule has 29 heavy (non-hydrogen) atoms. The number of rotatable bonds is 9. The summed E-state index contributed by atoms with van der Waals surface area (Å²) in [6, 6.07) is 11.7. The fraction of sp³-hybridized carbons (Fsp3) is 0.250. The summed E-state index contributed by atoms with van der Waals surface area (Å²) in [7, 11) is -3.53. The number of hydrogen-bond acceptors (Lipinski definition) is 4. The first-order chi connectivity index (χ1) is 13.7. The third-order valence-electron chi connectivity index (χ3n) is 3.89. The summed E-state index contributed by atoms with van der Waals surface area (Å²) < 4.78 is 55.2. The van der Waals surface area contributed by atoms with Gasteiger partial charge in [0.05, 0.1) is 10.9 Å². The summed E-state index contributed by atoms with van der Waals surface area (Å²) in [5.41, 5.74) is 1.26. The van der Waals surface area contributed by atoms with Gasteiger partial charge in [-0.05, 0) is 48.4 Å². The van der Waals surface area contributed by atoms with Gasteiger partial charge in [0.25, 0.3) is 0 Å². The van der Waals surface area contributed by atoms with Gasteiger partial charge in [-0.2, -0.15) is 8.78 Å². The molecule has 156 valence electrons. The number of sulfonamides is 1. The molecule has 0 aliphatic carbocycles. The van der Waals surface area contributed by atoms with Crippen LogP contribution in [0.5, 0.6) is 5.75 Å². The zero-order valence-corrected chi connectivity index (χ0v) is 16.7. The van der Waals surface area contributed by atoms with Gasteiger partial charge in [0.1, 0.15) is 5.75 Å². The van der Waals surface area contributed by atoms with E-state index >= 15 is 0 Å². The Hall–Kier alpha value is -2.78. The number of carbonyl (C=O) groups is 1. The Bertz CT molecular complexity index is 961. The largest absolute Gasteiger partial charge is 0.435 e. The van der Waals surface area contributed by atoms with Gasteiger partial charge in [-0.3, -0.25) is 4.79 Å². The van der Waals surface area contributed by atoms with Gasteiger partial charge in [-0.1, -0.05) is 31.2 Å². The minimum atomic E-state index is -3.53. The first kappa shape index (κ1) is 22.5. The molecule has 2 aromatic rings. The van der Waals surface area contributed by atoms with Crippen molar-refractivity contribution in [2.24, 2.45) is 0 Å². The lowest BCUT2D eigenvalue weighted by atomic mass is 10.1. The number of ether oxygens (including phenoxy) is 1. The van der Waals surface area contributed by atoms with Crippen LogP contribution in [0.25, 0.3) is 6.08 Å². The van der Waals surface area contributed by atoms with E-state index in [1.807, 2.05) is 0 Å². The smallest absolute Gasteiger partial charge is 0.387 e. The minimum Gasteiger partial charge on any atom is -0.435 e. The minimum absolute atomic E-state index is 0.0155. The normalized spacial score (nSPS) is 12.9. The van der Waals surface area contributed by atoms with Crippen molar-refractivity contribution in [2.75, 3.05) is 6.54 Å². The van der Waals surface area contributed by atoms with E-state index in [2.05, 4.69) is 14.8 Å². The maximum absolute atomic E-state index is 12.3. The molecule has 0 fully saturated rings. The maximum Gasteiger partial charge on any atom is 0.387 e. The van der Waals surface area contributed by atoms with Gasteiger partial charge < -0.3 is 10.1 Å². The molecule has 1 unspecified atom stereocenters. The summed E-state index contributed by atoms with van der Waals surface area (Å²) in [5, 5.41) is 2.72. The van der Waals surface area contributed by atoms with E-state index in [1.54, 1.807) is 44.2 Å². The summed E-state index contributed by atoms with van der Waals surface area (Å²) in [6.07, 6.45) is 2.85. The summed E-state index contributed by atoms with van der Waals surface area (Å²) >= 11 is 0. The number of carbonyl (C=O) groups excluding carboxylic acids is 1. The van der Waals surface area contributed by atoms with Crippen molar-refractivity contribution in [3.05, 3.63) is 65.7 Å². The SMILES string of the molecule is CCNS(=O)(=O)c1ccc(/C=C/C(=O)NC(C)c2cccc(OC(F)F)c2)cc1. The molecule has 0 spiro atoms. The number of halogens is 2. The number of benzene rings is 2. The van der Waals surface area contributed by atoms with Crippen LogP contribution in [0, 0.1) is 0 Å². The van der Waals surface area contributed by atoms with Gasteiger partial charge in [0, 0.05) is 12.6 Å². The highest BCUT2D eigenvalue weighted by atomic mass is 32.2. The second-order valence-corrected chi connectivity index (χ2v) is 7.85. The van der Waals surface area contributed by atoms with Crippen LogP contribution in [0.1, 0.15) is 31.0 Å². The maximum atomic E-state index is 12.3. The zero-order valence-electron chi connectivity index (χ0n) is 15.9. The predicted octanol–water partition coefficient (Wildman–Crippen LogP) is 3.48. The molecule has 0 saturated carbocycles. The van der Waals surface area contributed by atoms with Crippen molar-refractivity contribution < 1.29 is 26.7 Å². The molecule has 2 N–H and O–H groups in total. The van der Waals surface area contributed by atoms with Gasteiger partial charge >= 0.3 is 6.61 Å². The average molecular weight is 424 g/mol. The predicted molar refractivity (Wildman–Crippen MR) is 106 cm³/mol. The summed E-state index contributed by atoms with van der Waals surface area (Å²) in [6.45, 7) is 0.779. The molecule has 0 heterocycles. The van der Waals surface area contributed by atoms with Crippen LogP contribution in [0.15, 0.2) is 59.5 Å². The third kappa shape index (κ3) is 6.95. The molecule has 2 rings (SSSR count). The Morgan fingerprint density at radius 2 is 1.86 bits per heavy atom. The molecule has 0 aliphatic rings. The quantitative estimate of drug-likeness (QED) is 0.604. The van der Waals surface area contributed by atoms with Crippen LogP contribution in [-0.4, -0.2) is 27.5 Å². The standard InChI is InChI=1S/C20H22F2N2O4S/c1-3-23-29(26,27)18-10-7-15(8-11-18)9-12-19(25)24-14(2)16-5-4-6-17(13-16)28-20(21)22/h4-14,20,23H,3H2,1-2H3,(H,24,25)/b12-9+. The Morgan fingerprint density at radius 1 is 1.17 bits per heavy atom. The number of nitrogens with one attached hydrogen (secondary N) is 2. The van der Waals surface area contributed by atoms with Gasteiger partial charge in [0.15, 0.2) is 0 Å². The summed E-state index contributed by atoms with van der Waals surface area (Å²) in [5.74, 6) is -0.372. The van der Waals surface area contributed by atoms with Crippen molar-refractivity contribution in [1.29, 1.82) is 0 Å². The molecular weight excluding hydrogens is 402 g/mol. The Morgan fingerprint density at radius 3 is 2.48 bits per heavy atom. The molecule has 6 nitrogen and oxygen atoms in total. The van der Waals surface area contributed by atoms with Crippen LogP contribution in [-0.2, 0) is 14.8 Å². The van der Waals surface area contributed by atoms with E-state index in [-0.39, 0.29) is 16.6 Å². The molecule has 0 aliphatic heterocycles. The molecule has 1 amide bonds. The van der Waals surface area contributed by atoms with E-state index in [0.29, 0.717) is 17.7 Å². The Balaban J connectivity index is 1.99. The Labute approximate surface area is 168 Å². The van der Waals surface area contributed by atoms with Gasteiger partial charge in [0.2, 0.25) is 15.9 Å². The van der Waals surface area contributed by atoms with Crippen molar-refractivity contribution in [3.8, 4) is 5.75 Å². The number of amides is 1. The first-order valence-electron chi connectivity index (χ1n) is 8.84. The monoisotopic (exact) mass is 424 g/mol. The van der Waals surface area contributed by atoms with E-state index < -0.39 is 22.7 Å². The molecule has 1 atom stereocenters. The van der Waals surface area contributed by atoms with E-state index in [4.69, 9.17) is 0 Å². The van der Waals surface area contributed by atoms with Crippen LogP contribution in [0.3, 0.4) is 0 Å². The molecule has 0 saturated heterocycles. The highest BCUT2D eigenvalue weighted by Gasteiger charge is 2.12. The number of hydrogen-bond donors (Lipinski definition) is 2. The van der Waals surface area contributed by atoms with Crippen molar-refractivity contribution in [1.82, 2.24) is 10.0 Å². The fourth-order valence-corrected chi connectivity index (χ4v) is 3.55. The molecule has 0 radical (unpaired) electrons. The second-order valence-electron chi connectivity index (χ2n) is 6.08. The molecular formula is C20H22F2N2O4S. The van der Waals surface area contributed by atoms with Crippen LogP contribution < -0.4 is 14.8 Å². The van der Waals surface area contributed by atoms with E-state index in [0.717, 1.165) is 0 Å². The topological polar surface area (TPSA) is 84.5 Å². The van der Waals surface area contributed by atoms with Gasteiger partial charge in [-0.15, -0.1) is 0 Å². The second kappa shape index (κ2) is 10.1. The van der Waals surface area contributed by atoms with Crippen LogP contribution in [0.2, 0.25) is 0 Å². The van der Waals surface area contributed by atoms with Crippen molar-refractivity contribution in [3.63, 3.8) is 0 Å². The average Bonchev–Trinajstić information content (AvgIpc) is 2.66. The van der Waals surface area contributed by atoms with E-state index in [9.17, 15) is 22.0 Å². The lowest BCUT2D eigenvalue weighted by Gasteiger charge is -2.14. The molecule has 9 heteroatoms. The van der Waals surface area contributed by atoms with E-state index in [1.165, 1.54) is 30.3 Å². The third-order valence-corrected chi connectivity index (χ3v) is 5.46. The van der Waals surface area contributed by atoms with Crippen LogP contribution >= 0.6 is 0 Å². The molecule has 0 bridgehead atoms. The first-order valence-corrected chi connectivity index (χ1v) is 10.3. The van der Waals surface area contributed by atoms with Crippen LogP contribution in [0.4, 0.5) is 8.78 Å². The molecule has 0 aromatic heterocycles. The van der Waals surface area contributed by atoms with Gasteiger partial charge in [-0.25, -0.2) is 13.1 Å². The van der Waals surface area contributed by atoms with Crippen molar-refractivity contribution >= 4 is 22.0 Å². The zero-order chi connectivity index (χ0) is 21.4.